The van der Waals surface area contributed by atoms with Crippen LogP contribution in [0.3, 0.4) is 0 Å². The maximum Gasteiger partial charge on any atom is 0.193 e. The number of rotatable bonds is 13. The van der Waals surface area contributed by atoms with Gasteiger partial charge in [0, 0.05) is 12.1 Å². The predicted molar refractivity (Wildman–Crippen MR) is 174 cm³/mol. The van der Waals surface area contributed by atoms with Gasteiger partial charge in [-0.05, 0) is 47.5 Å². The van der Waals surface area contributed by atoms with Crippen molar-refractivity contribution in [1.82, 2.24) is 0 Å². The van der Waals surface area contributed by atoms with Crippen LogP contribution in [0.25, 0.3) is 23.3 Å². The van der Waals surface area contributed by atoms with Gasteiger partial charge in [0.2, 0.25) is 0 Å². The number of ether oxygens (including phenoxy) is 6. The lowest BCUT2D eigenvalue weighted by Crippen LogP contribution is -2.07. The molecule has 0 saturated carbocycles. The Morgan fingerprint density at radius 1 is 0.522 bits per heavy atom. The molecule has 0 saturated heterocycles. The van der Waals surface area contributed by atoms with Gasteiger partial charge in [-0.2, -0.15) is 0 Å². The Bertz CT molecular complexity index is 1650. The molecule has 0 aromatic heterocycles. The number of benzene rings is 4. The highest BCUT2D eigenvalue weighted by atomic mass is 16.5. The van der Waals surface area contributed by atoms with Crippen molar-refractivity contribution >= 4 is 23.7 Å². The smallest absolute Gasteiger partial charge is 0.193 e. The third-order valence-electron chi connectivity index (χ3n) is 7.13. The molecule has 0 unspecified atom stereocenters. The molecule has 4 rings (SSSR count). The summed E-state index contributed by atoms with van der Waals surface area (Å²) in [5.74, 6) is -0.629. The predicted octanol–water partition coefficient (Wildman–Crippen LogP) is 6.61. The molecule has 4 aromatic carbocycles. The van der Waals surface area contributed by atoms with Gasteiger partial charge in [-0.25, -0.2) is 0 Å². The molecule has 0 amide bonds. The molecule has 46 heavy (non-hydrogen) atoms. The molecule has 0 aliphatic rings. The van der Waals surface area contributed by atoms with Crippen molar-refractivity contribution in [3.63, 3.8) is 0 Å². The van der Waals surface area contributed by atoms with E-state index in [1.54, 1.807) is 74.9 Å². The van der Waals surface area contributed by atoms with E-state index in [1.165, 1.54) is 52.7 Å². The monoisotopic (exact) mass is 626 g/mol. The van der Waals surface area contributed by atoms with E-state index in [4.69, 9.17) is 28.4 Å². The number of hydrogen-bond acceptors (Lipinski definition) is 10. The molecule has 10 heteroatoms. The molecule has 0 bridgehead atoms. The minimum Gasteiger partial charge on any atom is -0.507 e. The number of methoxy groups -OCH3 is 6. The van der Waals surface area contributed by atoms with Gasteiger partial charge < -0.3 is 38.6 Å². The van der Waals surface area contributed by atoms with E-state index in [9.17, 15) is 19.8 Å². The summed E-state index contributed by atoms with van der Waals surface area (Å²) in [5, 5.41) is 22.0. The minimum atomic E-state index is -0.579. The van der Waals surface area contributed by atoms with E-state index >= 15 is 0 Å². The summed E-state index contributed by atoms with van der Waals surface area (Å²) in [4.78, 5) is 27.1. The number of hydrogen-bond donors (Lipinski definition) is 2. The van der Waals surface area contributed by atoms with Gasteiger partial charge in [0.1, 0.15) is 57.1 Å². The molecule has 0 atom stereocenters. The van der Waals surface area contributed by atoms with Gasteiger partial charge in [0.25, 0.3) is 0 Å². The molecule has 0 spiro atoms. The standard InChI is InChI=1S/C36H34O10/c1-41-23-13-7-21(8-14-23)11-17-25(37)31-27(39)19-29(43-3)33(35(31)45-5)34-30(44-4)20-28(40)32(36(34)46-6)26(38)18-12-22-9-15-24(42-2)16-10-22/h7-20,39-40H,1-6H3/b17-11+,18-12+. The Labute approximate surface area is 266 Å². The van der Waals surface area contributed by atoms with Crippen molar-refractivity contribution < 1.29 is 48.2 Å². The van der Waals surface area contributed by atoms with Crippen LogP contribution >= 0.6 is 0 Å². The number of carbonyl (C=O) groups excluding carboxylic acids is 2. The van der Waals surface area contributed by atoms with E-state index in [0.29, 0.717) is 22.6 Å². The molecule has 0 radical (unpaired) electrons. The molecule has 10 nitrogen and oxygen atoms in total. The fraction of sp³-hybridized carbons (Fsp3) is 0.167. The summed E-state index contributed by atoms with van der Waals surface area (Å²) in [5.41, 5.74) is 1.37. The van der Waals surface area contributed by atoms with E-state index in [2.05, 4.69) is 0 Å². The Morgan fingerprint density at radius 3 is 1.15 bits per heavy atom. The van der Waals surface area contributed by atoms with Crippen molar-refractivity contribution in [3.8, 4) is 57.1 Å². The van der Waals surface area contributed by atoms with Crippen molar-refractivity contribution in [2.45, 2.75) is 0 Å². The van der Waals surface area contributed by atoms with Crippen LogP contribution in [-0.2, 0) is 0 Å². The second-order valence-electron chi connectivity index (χ2n) is 9.70. The number of phenolic OH excluding ortho intramolecular Hbond substituents is 2. The van der Waals surface area contributed by atoms with Crippen LogP contribution in [0.15, 0.2) is 72.8 Å². The van der Waals surface area contributed by atoms with Crippen LogP contribution in [0.4, 0.5) is 0 Å². The number of aromatic hydroxyl groups is 2. The lowest BCUT2D eigenvalue weighted by Gasteiger charge is -2.22. The highest BCUT2D eigenvalue weighted by Crippen LogP contribution is 2.54. The lowest BCUT2D eigenvalue weighted by molar-refractivity contribution is 0.103. The normalized spacial score (nSPS) is 11.0. The molecule has 238 valence electrons. The summed E-state index contributed by atoms with van der Waals surface area (Å²) in [7, 11) is 8.49. The molecule has 0 aliphatic heterocycles. The third-order valence-corrected chi connectivity index (χ3v) is 7.13. The topological polar surface area (TPSA) is 130 Å². The lowest BCUT2D eigenvalue weighted by atomic mass is 9.92. The Hall–Kier alpha value is -5.90. The van der Waals surface area contributed by atoms with Crippen molar-refractivity contribution in [2.75, 3.05) is 42.7 Å². The maximum atomic E-state index is 13.6. The second-order valence-corrected chi connectivity index (χ2v) is 9.70. The third kappa shape index (κ3) is 6.76. The van der Waals surface area contributed by atoms with E-state index in [0.717, 1.165) is 0 Å². The molecule has 2 N–H and O–H groups in total. The average molecular weight is 627 g/mol. The first kappa shape index (κ1) is 33.0. The first-order valence-corrected chi connectivity index (χ1v) is 13.9. The van der Waals surface area contributed by atoms with Gasteiger partial charge in [0.15, 0.2) is 11.6 Å². The zero-order valence-corrected chi connectivity index (χ0v) is 26.2. The number of allylic oxidation sites excluding steroid dienone is 2. The highest BCUT2D eigenvalue weighted by molar-refractivity contribution is 6.15. The summed E-state index contributed by atoms with van der Waals surface area (Å²) >= 11 is 0. The maximum absolute atomic E-state index is 13.6. The van der Waals surface area contributed by atoms with Crippen LogP contribution in [0.1, 0.15) is 31.8 Å². The molecule has 0 fully saturated rings. The van der Waals surface area contributed by atoms with Gasteiger partial charge in [-0.3, -0.25) is 9.59 Å². The van der Waals surface area contributed by atoms with E-state index in [1.807, 2.05) is 0 Å². The zero-order chi connectivity index (χ0) is 33.4. The van der Waals surface area contributed by atoms with Crippen molar-refractivity contribution in [2.24, 2.45) is 0 Å². The summed E-state index contributed by atoms with van der Waals surface area (Å²) in [6.07, 6.45) is 5.75. The van der Waals surface area contributed by atoms with Gasteiger partial charge in [0.05, 0.1) is 53.8 Å². The van der Waals surface area contributed by atoms with E-state index < -0.39 is 23.1 Å². The Kier molecular flexibility index (Phi) is 10.6. The molecular weight excluding hydrogens is 592 g/mol. The second kappa shape index (κ2) is 14.7. The van der Waals surface area contributed by atoms with Crippen molar-refractivity contribution in [1.29, 1.82) is 0 Å². The minimum absolute atomic E-state index is 0.0734. The van der Waals surface area contributed by atoms with Crippen LogP contribution in [0, 0.1) is 0 Å². The first-order valence-electron chi connectivity index (χ1n) is 13.9. The van der Waals surface area contributed by atoms with Crippen LogP contribution in [0.5, 0.6) is 46.0 Å². The van der Waals surface area contributed by atoms with Gasteiger partial charge >= 0.3 is 0 Å². The van der Waals surface area contributed by atoms with Gasteiger partial charge in [-0.1, -0.05) is 36.4 Å². The molecule has 4 aromatic rings. The number of ketones is 2. The SMILES string of the molecule is COc1ccc(/C=C/C(=O)c2c(O)cc(OC)c(-c3c(OC)cc(O)c(C(=O)/C=C/c4ccc(OC)cc4)c3OC)c2OC)cc1. The first-order chi connectivity index (χ1) is 22.2. The zero-order valence-electron chi connectivity index (χ0n) is 26.2. The van der Waals surface area contributed by atoms with Crippen LogP contribution in [0.2, 0.25) is 0 Å². The molecule has 0 aliphatic carbocycles. The Balaban J connectivity index is 1.89. The van der Waals surface area contributed by atoms with Crippen LogP contribution in [-0.4, -0.2) is 64.4 Å². The van der Waals surface area contributed by atoms with E-state index in [-0.39, 0.29) is 45.3 Å². The number of phenols is 2. The van der Waals surface area contributed by atoms with Crippen LogP contribution < -0.4 is 28.4 Å². The number of carbonyl (C=O) groups is 2. The fourth-order valence-electron chi connectivity index (χ4n) is 4.86. The fourth-order valence-corrected chi connectivity index (χ4v) is 4.86. The molecular formula is C36H34O10. The Morgan fingerprint density at radius 2 is 0.870 bits per heavy atom. The largest absolute Gasteiger partial charge is 0.507 e. The molecule has 0 heterocycles. The quantitative estimate of drug-likeness (QED) is 0.124. The van der Waals surface area contributed by atoms with Gasteiger partial charge in [-0.15, -0.1) is 0 Å². The highest BCUT2D eigenvalue weighted by Gasteiger charge is 2.32. The van der Waals surface area contributed by atoms with Crippen molar-refractivity contribution in [3.05, 3.63) is 95.1 Å². The average Bonchev–Trinajstić information content (AvgIpc) is 3.08. The summed E-state index contributed by atoms with van der Waals surface area (Å²) in [6.45, 7) is 0. The summed E-state index contributed by atoms with van der Waals surface area (Å²) in [6, 6.07) is 16.6. The summed E-state index contributed by atoms with van der Waals surface area (Å²) < 4.78 is 33.0.